The molecule has 0 aromatic heterocycles. The molecule has 1 aliphatic heterocycles. The molecule has 1 fully saturated rings. The van der Waals surface area contributed by atoms with Crippen molar-refractivity contribution in [2.45, 2.75) is 6.04 Å². The number of carbonyl (C=O) groups excluding carboxylic acids is 2. The highest BCUT2D eigenvalue weighted by atomic mass is 16.5. The number of hydrogen-bond donors (Lipinski definition) is 1. The molecule has 0 radical (unpaired) electrons. The number of carbonyl (C=O) groups is 2. The van der Waals surface area contributed by atoms with E-state index in [0.717, 1.165) is 0 Å². The fraction of sp³-hybridized carbons (Fsp3) is 0.304. The van der Waals surface area contributed by atoms with E-state index in [0.29, 0.717) is 35.7 Å². The number of Topliss-reactive ketones (excluding diaryl/α,β-unsaturated/α-hetero) is 1. The lowest BCUT2D eigenvalue weighted by Gasteiger charge is -2.27. The first-order valence-electron chi connectivity index (χ1n) is 9.59. The van der Waals surface area contributed by atoms with Gasteiger partial charge in [-0.15, -0.1) is 0 Å². The van der Waals surface area contributed by atoms with E-state index in [2.05, 4.69) is 0 Å². The molecule has 0 spiro atoms. The van der Waals surface area contributed by atoms with Crippen molar-refractivity contribution >= 4 is 17.4 Å². The van der Waals surface area contributed by atoms with Gasteiger partial charge >= 0.3 is 0 Å². The number of amides is 1. The average molecular weight is 410 g/mol. The van der Waals surface area contributed by atoms with Crippen LogP contribution < -0.4 is 9.47 Å². The van der Waals surface area contributed by atoms with Gasteiger partial charge in [-0.05, 0) is 26.2 Å². The summed E-state index contributed by atoms with van der Waals surface area (Å²) in [6, 6.07) is 13.2. The minimum atomic E-state index is -0.772. The highest BCUT2D eigenvalue weighted by molar-refractivity contribution is 6.46. The molecule has 30 heavy (non-hydrogen) atoms. The zero-order valence-corrected chi connectivity index (χ0v) is 17.6. The van der Waals surface area contributed by atoms with Gasteiger partial charge in [0.2, 0.25) is 0 Å². The first-order valence-corrected chi connectivity index (χ1v) is 9.59. The highest BCUT2D eigenvalue weighted by Gasteiger charge is 2.46. The number of ether oxygens (including phenoxy) is 2. The Morgan fingerprint density at radius 3 is 2.37 bits per heavy atom. The molecular weight excluding hydrogens is 384 g/mol. The number of aliphatic hydroxyl groups is 1. The summed E-state index contributed by atoms with van der Waals surface area (Å²) >= 11 is 0. The predicted octanol–water partition coefficient (Wildman–Crippen LogP) is 2.69. The molecule has 1 amide bonds. The van der Waals surface area contributed by atoms with Gasteiger partial charge in [0.1, 0.15) is 17.3 Å². The number of hydrogen-bond acceptors (Lipinski definition) is 6. The van der Waals surface area contributed by atoms with Crippen LogP contribution in [0.1, 0.15) is 17.2 Å². The minimum Gasteiger partial charge on any atom is -0.507 e. The second-order valence-electron chi connectivity index (χ2n) is 7.27. The second-order valence-corrected chi connectivity index (χ2v) is 7.27. The van der Waals surface area contributed by atoms with Crippen molar-refractivity contribution in [3.8, 4) is 11.5 Å². The number of nitrogens with zero attached hydrogens (tertiary/aromatic N) is 2. The number of ketones is 1. The molecule has 7 nitrogen and oxygen atoms in total. The lowest BCUT2D eigenvalue weighted by atomic mass is 9.94. The topological polar surface area (TPSA) is 79.3 Å². The van der Waals surface area contributed by atoms with Crippen LogP contribution in [0, 0.1) is 0 Å². The molecule has 0 bridgehead atoms. The van der Waals surface area contributed by atoms with Crippen LogP contribution in [-0.4, -0.2) is 68.0 Å². The maximum absolute atomic E-state index is 13.0. The van der Waals surface area contributed by atoms with Crippen LogP contribution in [0.4, 0.5) is 0 Å². The van der Waals surface area contributed by atoms with Crippen molar-refractivity contribution in [3.05, 3.63) is 65.2 Å². The number of aliphatic hydroxyl groups excluding tert-OH is 1. The summed E-state index contributed by atoms with van der Waals surface area (Å²) in [6.07, 6.45) is 0. The van der Waals surface area contributed by atoms with Crippen LogP contribution in [0.5, 0.6) is 11.5 Å². The van der Waals surface area contributed by atoms with Crippen LogP contribution >= 0.6 is 0 Å². The predicted molar refractivity (Wildman–Crippen MR) is 114 cm³/mol. The van der Waals surface area contributed by atoms with E-state index in [9.17, 15) is 14.7 Å². The molecule has 0 saturated carbocycles. The van der Waals surface area contributed by atoms with Crippen molar-refractivity contribution in [2.24, 2.45) is 0 Å². The normalized spacial score (nSPS) is 18.2. The Morgan fingerprint density at radius 1 is 1.07 bits per heavy atom. The van der Waals surface area contributed by atoms with E-state index in [1.807, 2.05) is 25.1 Å². The van der Waals surface area contributed by atoms with Crippen molar-refractivity contribution in [1.29, 1.82) is 0 Å². The van der Waals surface area contributed by atoms with Crippen LogP contribution in [0.2, 0.25) is 0 Å². The summed E-state index contributed by atoms with van der Waals surface area (Å²) in [7, 11) is 6.85. The third kappa shape index (κ3) is 4.02. The minimum absolute atomic E-state index is 0.0495. The van der Waals surface area contributed by atoms with Gasteiger partial charge < -0.3 is 24.4 Å². The van der Waals surface area contributed by atoms with Gasteiger partial charge in [0.25, 0.3) is 11.7 Å². The summed E-state index contributed by atoms with van der Waals surface area (Å²) < 4.78 is 10.8. The van der Waals surface area contributed by atoms with Crippen molar-refractivity contribution < 1.29 is 24.2 Å². The van der Waals surface area contributed by atoms with E-state index in [-0.39, 0.29) is 11.3 Å². The molecule has 1 N–H and O–H groups in total. The maximum atomic E-state index is 13.0. The molecule has 1 aliphatic rings. The molecule has 0 aliphatic carbocycles. The van der Waals surface area contributed by atoms with Gasteiger partial charge in [0, 0.05) is 30.3 Å². The number of rotatable bonds is 7. The molecule has 158 valence electrons. The molecule has 1 atom stereocenters. The number of likely N-dealkylation sites (tertiary alicyclic amines) is 1. The van der Waals surface area contributed by atoms with Gasteiger partial charge in [-0.3, -0.25) is 9.59 Å². The Hall–Kier alpha value is -3.32. The summed E-state index contributed by atoms with van der Waals surface area (Å²) in [5.74, 6) is -0.502. The van der Waals surface area contributed by atoms with Gasteiger partial charge in [0.05, 0.1) is 25.8 Å². The summed E-state index contributed by atoms with van der Waals surface area (Å²) in [5, 5.41) is 11.0. The summed E-state index contributed by atoms with van der Waals surface area (Å²) in [4.78, 5) is 29.3. The van der Waals surface area contributed by atoms with Crippen LogP contribution in [-0.2, 0) is 9.59 Å². The molecule has 3 rings (SSSR count). The second kappa shape index (κ2) is 9.00. The quantitative estimate of drug-likeness (QED) is 0.430. The van der Waals surface area contributed by atoms with Crippen LogP contribution in [0.25, 0.3) is 5.76 Å². The molecule has 0 unspecified atom stereocenters. The average Bonchev–Trinajstić information content (AvgIpc) is 3.01. The molecule has 1 saturated heterocycles. The third-order valence-electron chi connectivity index (χ3n) is 5.11. The summed E-state index contributed by atoms with van der Waals surface area (Å²) in [5.41, 5.74) is 1.13. The fourth-order valence-corrected chi connectivity index (χ4v) is 3.54. The first-order chi connectivity index (χ1) is 14.4. The summed E-state index contributed by atoms with van der Waals surface area (Å²) in [6.45, 7) is 0.885. The Labute approximate surface area is 176 Å². The third-order valence-corrected chi connectivity index (χ3v) is 5.11. The first kappa shape index (κ1) is 21.4. The molecule has 1 heterocycles. The SMILES string of the molecule is COc1ccc([C@H]2C(=C(O)c3ccccc3)C(=O)C(=O)N2CCN(C)C)c(OC)c1. The van der Waals surface area contributed by atoms with E-state index in [1.54, 1.807) is 49.6 Å². The van der Waals surface area contributed by atoms with E-state index >= 15 is 0 Å². The van der Waals surface area contributed by atoms with Crippen molar-refractivity contribution in [3.63, 3.8) is 0 Å². The smallest absolute Gasteiger partial charge is 0.295 e. The van der Waals surface area contributed by atoms with E-state index in [1.165, 1.54) is 12.0 Å². The van der Waals surface area contributed by atoms with E-state index in [4.69, 9.17) is 9.47 Å². The van der Waals surface area contributed by atoms with Crippen molar-refractivity contribution in [2.75, 3.05) is 41.4 Å². The molecular formula is C23H26N2O5. The standard InChI is InChI=1S/C23H26N2O5/c1-24(2)12-13-25-20(17-11-10-16(29-3)14-18(17)30-4)19(22(27)23(25)28)21(26)15-8-6-5-7-9-15/h5-11,14,20,26H,12-13H2,1-4H3/t20-/m0/s1. The lowest BCUT2D eigenvalue weighted by molar-refractivity contribution is -0.140. The number of methoxy groups -OCH3 is 2. The largest absolute Gasteiger partial charge is 0.507 e. The Balaban J connectivity index is 2.20. The Morgan fingerprint density at radius 2 is 1.77 bits per heavy atom. The fourth-order valence-electron chi connectivity index (χ4n) is 3.54. The van der Waals surface area contributed by atoms with Gasteiger partial charge in [-0.1, -0.05) is 30.3 Å². The van der Waals surface area contributed by atoms with E-state index < -0.39 is 17.7 Å². The highest BCUT2D eigenvalue weighted by Crippen LogP contribution is 2.43. The lowest BCUT2D eigenvalue weighted by Crippen LogP contribution is -2.35. The van der Waals surface area contributed by atoms with Gasteiger partial charge in [0.15, 0.2) is 0 Å². The molecule has 2 aromatic rings. The van der Waals surface area contributed by atoms with Gasteiger partial charge in [-0.2, -0.15) is 0 Å². The molecule has 2 aromatic carbocycles. The number of likely N-dealkylation sites (N-methyl/N-ethyl adjacent to an activating group) is 1. The van der Waals surface area contributed by atoms with Gasteiger partial charge in [-0.25, -0.2) is 0 Å². The van der Waals surface area contributed by atoms with Crippen LogP contribution in [0.3, 0.4) is 0 Å². The van der Waals surface area contributed by atoms with Crippen LogP contribution in [0.15, 0.2) is 54.1 Å². The number of benzene rings is 2. The molecule has 7 heteroatoms. The monoisotopic (exact) mass is 410 g/mol. The Kier molecular flexibility index (Phi) is 6.42. The Bertz CT molecular complexity index is 969. The zero-order valence-electron chi connectivity index (χ0n) is 17.6. The maximum Gasteiger partial charge on any atom is 0.295 e. The van der Waals surface area contributed by atoms with Crippen molar-refractivity contribution in [1.82, 2.24) is 9.80 Å². The zero-order chi connectivity index (χ0) is 21.8.